The van der Waals surface area contributed by atoms with E-state index in [0.29, 0.717) is 28.2 Å². The number of nitrogens with one attached hydrogen (secondary N) is 3. The zero-order valence-corrected chi connectivity index (χ0v) is 25.3. The van der Waals surface area contributed by atoms with Gasteiger partial charge in [-0.3, -0.25) is 19.2 Å². The lowest BCUT2D eigenvalue weighted by Crippen LogP contribution is -2.50. The number of aliphatic hydroxyl groups is 1. The van der Waals surface area contributed by atoms with E-state index in [4.69, 9.17) is 4.42 Å². The lowest BCUT2D eigenvalue weighted by molar-refractivity contribution is -0.125. The number of nitrogens with zero attached hydrogens (tertiary/aromatic N) is 4. The van der Waals surface area contributed by atoms with Crippen molar-refractivity contribution in [1.82, 2.24) is 30.8 Å². The van der Waals surface area contributed by atoms with Gasteiger partial charge in [0.25, 0.3) is 17.7 Å². The quantitative estimate of drug-likeness (QED) is 0.169. The van der Waals surface area contributed by atoms with Crippen LogP contribution in [0.3, 0.4) is 0 Å². The summed E-state index contributed by atoms with van der Waals surface area (Å²) >= 11 is 0. The van der Waals surface area contributed by atoms with Crippen LogP contribution in [-0.4, -0.2) is 67.5 Å². The average molecular weight is 640 g/mol. The van der Waals surface area contributed by atoms with Crippen LogP contribution in [-0.2, 0) is 11.2 Å². The van der Waals surface area contributed by atoms with Crippen molar-refractivity contribution >= 4 is 23.4 Å². The Kier molecular flexibility index (Phi) is 9.91. The number of carbonyl (C=O) groups is 3. The standard InChI is InChI=1S/C33H30FN7O6/c1-19(21-11-13-23(34)14-12-21)41(2)33(46)28-18-25(42)17-27(47-28)31(44)36-26(15-20-7-4-3-5-8-20)29(43)32(45)35-24-10-6-9-22(16-24)30-37-39-40-38-30/h3-14,16-19,26,29,43H,15H2,1-2H3,(H,35,45)(H,36,44)(H,37,38,39,40)/t19-,26+,29+/m1/s1. The Morgan fingerprint density at radius 2 is 1.70 bits per heavy atom. The number of aromatic nitrogens is 4. The van der Waals surface area contributed by atoms with Gasteiger partial charge in [0.2, 0.25) is 5.82 Å². The molecule has 0 bridgehead atoms. The number of halogens is 1. The smallest absolute Gasteiger partial charge is 0.289 e. The van der Waals surface area contributed by atoms with Crippen molar-refractivity contribution in [1.29, 1.82) is 0 Å². The molecule has 0 unspecified atom stereocenters. The van der Waals surface area contributed by atoms with Crippen LogP contribution in [0.15, 0.2) is 100 Å². The van der Waals surface area contributed by atoms with Gasteiger partial charge in [-0.25, -0.2) is 4.39 Å². The van der Waals surface area contributed by atoms with Gasteiger partial charge in [0.15, 0.2) is 23.1 Å². The van der Waals surface area contributed by atoms with Crippen LogP contribution in [0, 0.1) is 5.82 Å². The van der Waals surface area contributed by atoms with E-state index in [9.17, 15) is 28.7 Å². The third-order valence-electron chi connectivity index (χ3n) is 7.45. The molecule has 5 rings (SSSR count). The molecule has 14 heteroatoms. The zero-order valence-electron chi connectivity index (χ0n) is 25.3. The van der Waals surface area contributed by atoms with Crippen molar-refractivity contribution in [2.24, 2.45) is 0 Å². The molecule has 0 radical (unpaired) electrons. The van der Waals surface area contributed by atoms with Crippen molar-refractivity contribution in [3.63, 3.8) is 0 Å². The highest BCUT2D eigenvalue weighted by Crippen LogP contribution is 2.22. The molecule has 3 aromatic carbocycles. The first-order valence-electron chi connectivity index (χ1n) is 14.4. The summed E-state index contributed by atoms with van der Waals surface area (Å²) in [6.45, 7) is 1.71. The van der Waals surface area contributed by atoms with Gasteiger partial charge in [0.05, 0.1) is 12.1 Å². The molecule has 0 saturated heterocycles. The van der Waals surface area contributed by atoms with E-state index in [1.807, 2.05) is 0 Å². The summed E-state index contributed by atoms with van der Waals surface area (Å²) in [5, 5.41) is 30.1. The van der Waals surface area contributed by atoms with Gasteiger partial charge in [-0.15, -0.1) is 10.2 Å². The van der Waals surface area contributed by atoms with Crippen LogP contribution in [0.4, 0.5) is 10.1 Å². The minimum Gasteiger partial charge on any atom is -0.445 e. The molecule has 0 aliphatic heterocycles. The maximum absolute atomic E-state index is 13.4. The topological polar surface area (TPSA) is 183 Å². The summed E-state index contributed by atoms with van der Waals surface area (Å²) in [4.78, 5) is 53.8. The maximum Gasteiger partial charge on any atom is 0.289 e. The minimum atomic E-state index is -1.76. The van der Waals surface area contributed by atoms with Crippen LogP contribution in [0.2, 0.25) is 0 Å². The molecular weight excluding hydrogens is 609 g/mol. The Morgan fingerprint density at radius 1 is 0.979 bits per heavy atom. The number of rotatable bonds is 11. The summed E-state index contributed by atoms with van der Waals surface area (Å²) < 4.78 is 19.0. The Hall–Kier alpha value is -6.02. The van der Waals surface area contributed by atoms with Crippen molar-refractivity contribution in [2.45, 2.75) is 31.5 Å². The molecular formula is C33H30FN7O6. The van der Waals surface area contributed by atoms with E-state index in [-0.39, 0.29) is 6.42 Å². The maximum atomic E-state index is 13.4. The van der Waals surface area contributed by atoms with E-state index in [2.05, 4.69) is 31.3 Å². The Labute approximate surface area is 267 Å². The van der Waals surface area contributed by atoms with Crippen molar-refractivity contribution in [3.05, 3.63) is 130 Å². The summed E-state index contributed by atoms with van der Waals surface area (Å²) in [6.07, 6.45) is -1.72. The second-order valence-electron chi connectivity index (χ2n) is 10.7. The Balaban J connectivity index is 1.35. The van der Waals surface area contributed by atoms with Gasteiger partial charge >= 0.3 is 0 Å². The average Bonchev–Trinajstić information content (AvgIpc) is 3.63. The molecule has 4 N–H and O–H groups in total. The molecule has 240 valence electrons. The highest BCUT2D eigenvalue weighted by atomic mass is 19.1. The van der Waals surface area contributed by atoms with Crippen LogP contribution >= 0.6 is 0 Å². The number of aliphatic hydroxyl groups excluding tert-OH is 1. The number of carbonyl (C=O) groups excluding carboxylic acids is 3. The van der Waals surface area contributed by atoms with E-state index < -0.39 is 58.7 Å². The van der Waals surface area contributed by atoms with Crippen LogP contribution < -0.4 is 16.1 Å². The number of anilines is 1. The van der Waals surface area contributed by atoms with E-state index in [1.165, 1.54) is 36.2 Å². The number of amides is 3. The van der Waals surface area contributed by atoms with E-state index >= 15 is 0 Å². The number of benzene rings is 3. The Morgan fingerprint density at radius 3 is 2.40 bits per heavy atom. The number of hydrogen-bond acceptors (Lipinski definition) is 9. The molecule has 0 spiro atoms. The van der Waals surface area contributed by atoms with Crippen LogP contribution in [0.25, 0.3) is 11.4 Å². The minimum absolute atomic E-state index is 0.0326. The number of H-pyrrole nitrogens is 1. The molecule has 2 aromatic heterocycles. The number of tetrazole rings is 1. The summed E-state index contributed by atoms with van der Waals surface area (Å²) in [5.74, 6) is -3.48. The van der Waals surface area contributed by atoms with Crippen molar-refractivity contribution in [3.8, 4) is 11.4 Å². The third-order valence-corrected chi connectivity index (χ3v) is 7.45. The highest BCUT2D eigenvalue weighted by Gasteiger charge is 2.30. The van der Waals surface area contributed by atoms with Gasteiger partial charge in [-0.05, 0) is 54.0 Å². The molecule has 3 atom stereocenters. The van der Waals surface area contributed by atoms with Crippen LogP contribution in [0.5, 0.6) is 0 Å². The lowest BCUT2D eigenvalue weighted by atomic mass is 10.00. The molecule has 13 nitrogen and oxygen atoms in total. The van der Waals surface area contributed by atoms with Gasteiger partial charge in [-0.2, -0.15) is 5.21 Å². The van der Waals surface area contributed by atoms with Gasteiger partial charge in [0, 0.05) is 30.4 Å². The number of aromatic amines is 1. The fraction of sp³-hybridized carbons (Fsp3) is 0.182. The number of hydrogen-bond donors (Lipinski definition) is 4. The fourth-order valence-corrected chi connectivity index (χ4v) is 4.78. The molecule has 5 aromatic rings. The second kappa shape index (κ2) is 14.4. The predicted octanol–water partition coefficient (Wildman–Crippen LogP) is 3.13. The first kappa shape index (κ1) is 32.4. The molecule has 3 amide bonds. The molecule has 0 fully saturated rings. The molecule has 0 aliphatic carbocycles. The third kappa shape index (κ3) is 7.99. The molecule has 2 heterocycles. The van der Waals surface area contributed by atoms with Crippen molar-refractivity contribution < 1.29 is 28.3 Å². The predicted molar refractivity (Wildman–Crippen MR) is 168 cm³/mol. The normalized spacial score (nSPS) is 12.9. The first-order chi connectivity index (χ1) is 22.6. The van der Waals surface area contributed by atoms with E-state index in [1.54, 1.807) is 61.5 Å². The van der Waals surface area contributed by atoms with Gasteiger partial charge in [-0.1, -0.05) is 54.6 Å². The zero-order chi connectivity index (χ0) is 33.5. The summed E-state index contributed by atoms with van der Waals surface area (Å²) in [7, 11) is 1.48. The SMILES string of the molecule is C[C@H](c1ccc(F)cc1)N(C)C(=O)c1cc(=O)cc(C(=O)N[C@@H](Cc2ccccc2)[C@H](O)C(=O)Nc2cccc(-c3nn[nH]n3)c2)o1. The Bertz CT molecular complexity index is 1920. The van der Waals surface area contributed by atoms with Crippen LogP contribution in [0.1, 0.15) is 45.2 Å². The molecule has 47 heavy (non-hydrogen) atoms. The van der Waals surface area contributed by atoms with E-state index in [0.717, 1.165) is 12.1 Å². The highest BCUT2D eigenvalue weighted by molar-refractivity contribution is 5.97. The molecule has 0 saturated carbocycles. The van der Waals surface area contributed by atoms with Gasteiger partial charge in [0.1, 0.15) is 5.82 Å². The largest absolute Gasteiger partial charge is 0.445 e. The van der Waals surface area contributed by atoms with Gasteiger partial charge < -0.3 is 25.1 Å². The summed E-state index contributed by atoms with van der Waals surface area (Å²) in [6, 6.07) is 21.2. The second-order valence-corrected chi connectivity index (χ2v) is 10.7. The fourth-order valence-electron chi connectivity index (χ4n) is 4.78. The molecule has 0 aliphatic rings. The monoisotopic (exact) mass is 639 g/mol. The van der Waals surface area contributed by atoms with Crippen molar-refractivity contribution in [2.75, 3.05) is 12.4 Å². The first-order valence-corrected chi connectivity index (χ1v) is 14.4. The lowest BCUT2D eigenvalue weighted by Gasteiger charge is -2.25. The summed E-state index contributed by atoms with van der Waals surface area (Å²) in [5.41, 5.74) is 1.55.